The van der Waals surface area contributed by atoms with Gasteiger partial charge in [-0.05, 0) is 36.8 Å². The van der Waals surface area contributed by atoms with Gasteiger partial charge in [0.25, 0.3) is 11.8 Å². The molecule has 222 valence electrons. The summed E-state index contributed by atoms with van der Waals surface area (Å²) in [6.45, 7) is 4.56. The molecular formula is C22H24N10O7S3. The number of hydrogen-bond acceptors (Lipinski definition) is 16. The number of terminal acetylenes is 1. The molecule has 2 unspecified atom stereocenters. The predicted molar refractivity (Wildman–Crippen MR) is 150 cm³/mol. The molecule has 0 aromatic carbocycles. The highest BCUT2D eigenvalue weighted by molar-refractivity contribution is 8.01. The molecule has 2 aromatic heterocycles. The Bertz CT molecular complexity index is 1510. The molecule has 0 aliphatic carbocycles. The smallest absolute Gasteiger partial charge is 0.352 e. The summed E-state index contributed by atoms with van der Waals surface area (Å²) >= 11 is 3.25. The van der Waals surface area contributed by atoms with Crippen molar-refractivity contribution in [1.29, 1.82) is 0 Å². The molecular weight excluding hydrogens is 613 g/mol. The fourth-order valence-electron chi connectivity index (χ4n) is 3.68. The maximum Gasteiger partial charge on any atom is 0.352 e. The number of carboxylic acid groups (broad SMARTS) is 1. The van der Waals surface area contributed by atoms with E-state index in [4.69, 9.17) is 21.7 Å². The minimum atomic E-state index is -1.29. The Morgan fingerprint density at radius 1 is 1.36 bits per heavy atom. The summed E-state index contributed by atoms with van der Waals surface area (Å²) in [5.74, 6) is -0.860. The van der Waals surface area contributed by atoms with Gasteiger partial charge in [-0.2, -0.15) is 9.36 Å². The number of ether oxygens (including phenoxy) is 1. The van der Waals surface area contributed by atoms with Crippen molar-refractivity contribution < 1.29 is 33.9 Å². The second-order valence-corrected chi connectivity index (χ2v) is 12.3. The normalized spacial score (nSPS) is 18.6. The lowest BCUT2D eigenvalue weighted by atomic mass is 10.0. The number of amides is 2. The molecule has 2 aliphatic rings. The number of fused-ring (bicyclic) bond motifs is 1. The number of esters is 1. The molecule has 1 fully saturated rings. The Morgan fingerprint density at radius 2 is 2.12 bits per heavy atom. The molecule has 4 rings (SSSR count). The number of carboxylic acids is 1. The van der Waals surface area contributed by atoms with E-state index in [1.54, 1.807) is 20.8 Å². The predicted octanol–water partition coefficient (Wildman–Crippen LogP) is -0.667. The Labute approximate surface area is 250 Å². The first-order valence-corrected chi connectivity index (χ1v) is 14.7. The third kappa shape index (κ3) is 6.97. The summed E-state index contributed by atoms with van der Waals surface area (Å²) in [7, 11) is 0. The van der Waals surface area contributed by atoms with E-state index in [1.165, 1.54) is 28.2 Å². The number of aromatic nitrogens is 6. The van der Waals surface area contributed by atoms with Crippen LogP contribution < -0.4 is 11.1 Å². The maximum atomic E-state index is 13.2. The van der Waals surface area contributed by atoms with Crippen LogP contribution in [0.15, 0.2) is 21.6 Å². The van der Waals surface area contributed by atoms with Gasteiger partial charge >= 0.3 is 11.9 Å². The van der Waals surface area contributed by atoms with Gasteiger partial charge in [0, 0.05) is 23.0 Å². The van der Waals surface area contributed by atoms with Gasteiger partial charge in [-0.1, -0.05) is 22.8 Å². The summed E-state index contributed by atoms with van der Waals surface area (Å²) in [5, 5.41) is 27.2. The van der Waals surface area contributed by atoms with E-state index in [2.05, 4.69) is 41.3 Å². The molecule has 17 nitrogen and oxygen atoms in total. The van der Waals surface area contributed by atoms with Crippen molar-refractivity contribution in [1.82, 2.24) is 39.8 Å². The first-order valence-electron chi connectivity index (χ1n) is 11.9. The molecule has 2 aliphatic heterocycles. The average Bonchev–Trinajstić information content (AvgIpc) is 3.55. The van der Waals surface area contributed by atoms with Gasteiger partial charge < -0.3 is 25.7 Å². The maximum absolute atomic E-state index is 13.2. The molecule has 0 spiro atoms. The van der Waals surface area contributed by atoms with Gasteiger partial charge in [-0.25, -0.2) is 14.3 Å². The quantitative estimate of drug-likeness (QED) is 0.0694. The standard InChI is InChI=1S/C22H24N10O7S3/c1-5-6-31-21(26-29-30-31)41-9-10-8-40-18-13(17(35)32(18)14(10)19(36)37)24-16(34)12(15-25-20(23)42-28-15)27-38-7-11(33)39-22(2,3)4/h1,13,18H,6-9H2,2-4H3,(H,24,34)(H,36,37)(H2,23,25,28)/b27-12+. The van der Waals surface area contributed by atoms with E-state index in [-0.39, 0.29) is 34.7 Å². The topological polar surface area (TPSA) is 230 Å². The van der Waals surface area contributed by atoms with Gasteiger partial charge in [0.05, 0.1) is 0 Å². The zero-order valence-electron chi connectivity index (χ0n) is 22.3. The van der Waals surface area contributed by atoms with E-state index in [0.717, 1.165) is 16.4 Å². The number of thioether (sulfide) groups is 2. The minimum absolute atomic E-state index is 0.0429. The molecule has 1 saturated heterocycles. The number of nitrogens with zero attached hydrogens (tertiary/aromatic N) is 8. The molecule has 0 saturated carbocycles. The number of nitrogens with one attached hydrogen (secondary N) is 1. The second kappa shape index (κ2) is 12.7. The van der Waals surface area contributed by atoms with Crippen LogP contribution in [-0.2, 0) is 35.3 Å². The van der Waals surface area contributed by atoms with Crippen LogP contribution in [0.2, 0.25) is 0 Å². The van der Waals surface area contributed by atoms with E-state index in [1.807, 2.05) is 0 Å². The Morgan fingerprint density at radius 3 is 2.76 bits per heavy atom. The number of β-lactam (4-membered cyclic amide) rings is 1. The largest absolute Gasteiger partial charge is 0.477 e. The summed E-state index contributed by atoms with van der Waals surface area (Å²) in [6.07, 6.45) is 5.32. The number of anilines is 1. The molecule has 2 aromatic rings. The minimum Gasteiger partial charge on any atom is -0.477 e. The van der Waals surface area contributed by atoms with Crippen LogP contribution in [0.5, 0.6) is 0 Å². The van der Waals surface area contributed by atoms with Crippen LogP contribution >= 0.6 is 35.1 Å². The zero-order valence-corrected chi connectivity index (χ0v) is 24.8. The molecule has 42 heavy (non-hydrogen) atoms. The SMILES string of the molecule is C#CCn1nnnc1SCC1=C(C(=O)O)N2C(=O)C(NC(=O)/C(=N/OCC(=O)OC(C)(C)C)c3nsc(N)n3)C2SC1. The van der Waals surface area contributed by atoms with Crippen LogP contribution in [0.4, 0.5) is 5.13 Å². The van der Waals surface area contributed by atoms with Crippen LogP contribution in [0.25, 0.3) is 0 Å². The van der Waals surface area contributed by atoms with Crippen LogP contribution in [0, 0.1) is 12.3 Å². The van der Waals surface area contributed by atoms with Crippen LogP contribution in [0.3, 0.4) is 0 Å². The fourth-order valence-corrected chi connectivity index (χ4v) is 6.47. The van der Waals surface area contributed by atoms with Crippen molar-refractivity contribution in [3.8, 4) is 12.3 Å². The molecule has 0 radical (unpaired) electrons. The highest BCUT2D eigenvalue weighted by Crippen LogP contribution is 2.41. The second-order valence-electron chi connectivity index (χ2n) is 9.49. The third-order valence-electron chi connectivity index (χ3n) is 5.28. The van der Waals surface area contributed by atoms with E-state index >= 15 is 0 Å². The summed E-state index contributed by atoms with van der Waals surface area (Å²) in [5.41, 5.74) is 4.74. The number of tetrazole rings is 1. The third-order valence-corrected chi connectivity index (χ3v) is 8.20. The summed E-state index contributed by atoms with van der Waals surface area (Å²) in [6, 6.07) is -1.08. The fraction of sp³-hybridized carbons (Fsp3) is 0.455. The molecule has 2 amide bonds. The lowest BCUT2D eigenvalue weighted by Crippen LogP contribution is -2.71. The number of nitrogen functional groups attached to an aromatic ring is 1. The Balaban J connectivity index is 1.46. The van der Waals surface area contributed by atoms with Gasteiger partial charge in [0.1, 0.15) is 29.3 Å². The number of carbonyl (C=O) groups is 4. The lowest BCUT2D eigenvalue weighted by molar-refractivity contribution is -0.160. The van der Waals surface area contributed by atoms with Crippen molar-refractivity contribution >= 4 is 69.7 Å². The van der Waals surface area contributed by atoms with Crippen molar-refractivity contribution in [3.05, 3.63) is 17.1 Å². The number of rotatable bonds is 11. The first-order chi connectivity index (χ1) is 19.9. The van der Waals surface area contributed by atoms with Crippen molar-refractivity contribution in [2.45, 2.75) is 49.5 Å². The summed E-state index contributed by atoms with van der Waals surface area (Å²) in [4.78, 5) is 60.5. The molecule has 4 heterocycles. The zero-order chi connectivity index (χ0) is 30.6. The Hall–Kier alpha value is -4.22. The van der Waals surface area contributed by atoms with E-state index in [9.17, 15) is 24.3 Å². The van der Waals surface area contributed by atoms with Crippen LogP contribution in [0.1, 0.15) is 26.6 Å². The number of oxime groups is 1. The van der Waals surface area contributed by atoms with Gasteiger partial charge in [-0.15, -0.1) is 23.3 Å². The Kier molecular flexibility index (Phi) is 9.33. The molecule has 0 bridgehead atoms. The monoisotopic (exact) mass is 636 g/mol. The number of aliphatic carboxylic acids is 1. The number of hydrogen-bond donors (Lipinski definition) is 3. The van der Waals surface area contributed by atoms with Crippen molar-refractivity contribution in [3.63, 3.8) is 0 Å². The highest BCUT2D eigenvalue weighted by atomic mass is 32.2. The number of carbonyl (C=O) groups excluding carboxylic acids is 3. The van der Waals surface area contributed by atoms with Crippen molar-refractivity contribution in [2.24, 2.45) is 5.16 Å². The van der Waals surface area contributed by atoms with Gasteiger partial charge in [0.2, 0.25) is 23.3 Å². The van der Waals surface area contributed by atoms with E-state index in [0.29, 0.717) is 10.7 Å². The lowest BCUT2D eigenvalue weighted by Gasteiger charge is -2.49. The molecule has 4 N–H and O–H groups in total. The van der Waals surface area contributed by atoms with Gasteiger partial charge in [0.15, 0.2) is 5.13 Å². The molecule has 2 atom stereocenters. The highest BCUT2D eigenvalue weighted by Gasteiger charge is 2.54. The van der Waals surface area contributed by atoms with Gasteiger partial charge in [-0.3, -0.25) is 14.5 Å². The first kappa shape index (κ1) is 30.7. The van der Waals surface area contributed by atoms with Crippen LogP contribution in [-0.4, -0.2) is 104 Å². The average molecular weight is 637 g/mol. The molecule has 20 heteroatoms. The van der Waals surface area contributed by atoms with E-state index < -0.39 is 53.1 Å². The number of nitrogens with two attached hydrogens (primary N) is 1. The summed E-state index contributed by atoms with van der Waals surface area (Å²) < 4.78 is 10.5. The van der Waals surface area contributed by atoms with Crippen molar-refractivity contribution in [2.75, 3.05) is 23.8 Å².